The third-order valence-electron chi connectivity index (χ3n) is 3.30. The van der Waals surface area contributed by atoms with E-state index >= 15 is 0 Å². The molecule has 3 N–H and O–H groups in total. The molecule has 4 heteroatoms. The summed E-state index contributed by atoms with van der Waals surface area (Å²) in [6, 6.07) is 0.359. The van der Waals surface area contributed by atoms with E-state index < -0.39 is 0 Å². The van der Waals surface area contributed by atoms with Crippen LogP contribution in [0.2, 0.25) is 0 Å². The van der Waals surface area contributed by atoms with Gasteiger partial charge in [-0.2, -0.15) is 0 Å². The molecule has 0 aromatic heterocycles. The zero-order valence-corrected chi connectivity index (χ0v) is 12.4. The maximum absolute atomic E-state index is 5.76. The van der Waals surface area contributed by atoms with Gasteiger partial charge in [-0.15, -0.1) is 0 Å². The van der Waals surface area contributed by atoms with Crippen LogP contribution in [-0.2, 0) is 0 Å². The van der Waals surface area contributed by atoms with Gasteiger partial charge in [0.15, 0.2) is 5.96 Å². The highest BCUT2D eigenvalue weighted by Crippen LogP contribution is 2.20. The van der Waals surface area contributed by atoms with E-state index in [-0.39, 0.29) is 0 Å². The molecule has 106 valence electrons. The summed E-state index contributed by atoms with van der Waals surface area (Å²) in [6.07, 6.45) is 2.47. The fourth-order valence-corrected chi connectivity index (χ4v) is 2.81. The van der Waals surface area contributed by atoms with Gasteiger partial charge in [-0.3, -0.25) is 4.99 Å². The molecule has 2 atom stereocenters. The molecule has 0 radical (unpaired) electrons. The fourth-order valence-electron chi connectivity index (χ4n) is 2.81. The van der Waals surface area contributed by atoms with Crippen LogP contribution < -0.4 is 11.1 Å². The SMILES string of the molecule is CC1CC(C)CN(CCCN=C(N)NC(C)C)C1. The number of nitrogens with zero attached hydrogens (tertiary/aromatic N) is 2. The van der Waals surface area contributed by atoms with Gasteiger partial charge >= 0.3 is 0 Å². The van der Waals surface area contributed by atoms with Gasteiger partial charge in [0, 0.05) is 25.7 Å². The lowest BCUT2D eigenvalue weighted by Gasteiger charge is -2.34. The van der Waals surface area contributed by atoms with E-state index in [1.807, 2.05) is 0 Å². The van der Waals surface area contributed by atoms with Crippen molar-refractivity contribution in [3.8, 4) is 0 Å². The van der Waals surface area contributed by atoms with Gasteiger partial charge in [-0.1, -0.05) is 13.8 Å². The second-order valence-electron chi connectivity index (χ2n) is 6.13. The Morgan fingerprint density at radius 1 is 1.33 bits per heavy atom. The quantitative estimate of drug-likeness (QED) is 0.446. The molecule has 0 saturated carbocycles. The first-order chi connectivity index (χ1) is 8.47. The lowest BCUT2D eigenvalue weighted by Crippen LogP contribution is -2.39. The highest BCUT2D eigenvalue weighted by atomic mass is 15.1. The summed E-state index contributed by atoms with van der Waals surface area (Å²) in [4.78, 5) is 6.91. The Morgan fingerprint density at radius 3 is 2.50 bits per heavy atom. The van der Waals surface area contributed by atoms with Gasteiger partial charge in [0.2, 0.25) is 0 Å². The number of hydrogen-bond donors (Lipinski definition) is 2. The predicted octanol–water partition coefficient (Wildman–Crippen LogP) is 1.67. The minimum absolute atomic E-state index is 0.359. The third kappa shape index (κ3) is 6.24. The minimum atomic E-state index is 0.359. The Balaban J connectivity index is 2.17. The van der Waals surface area contributed by atoms with Crippen LogP contribution in [0.5, 0.6) is 0 Å². The van der Waals surface area contributed by atoms with Crippen molar-refractivity contribution in [3.63, 3.8) is 0 Å². The molecule has 1 aliphatic heterocycles. The van der Waals surface area contributed by atoms with Gasteiger partial charge in [-0.25, -0.2) is 0 Å². The van der Waals surface area contributed by atoms with E-state index in [0.717, 1.165) is 31.3 Å². The van der Waals surface area contributed by atoms with Gasteiger partial charge in [0.25, 0.3) is 0 Å². The van der Waals surface area contributed by atoms with Crippen LogP contribution in [0.3, 0.4) is 0 Å². The lowest BCUT2D eigenvalue weighted by atomic mass is 9.92. The third-order valence-corrected chi connectivity index (χ3v) is 3.30. The Kier molecular flexibility index (Phi) is 6.47. The zero-order chi connectivity index (χ0) is 13.5. The van der Waals surface area contributed by atoms with Crippen molar-refractivity contribution in [3.05, 3.63) is 0 Å². The molecule has 1 aliphatic rings. The zero-order valence-electron chi connectivity index (χ0n) is 12.4. The second kappa shape index (κ2) is 7.62. The van der Waals surface area contributed by atoms with Crippen LogP contribution in [0.1, 0.15) is 40.5 Å². The van der Waals surface area contributed by atoms with Crippen LogP contribution in [0.15, 0.2) is 4.99 Å². The lowest BCUT2D eigenvalue weighted by molar-refractivity contribution is 0.140. The molecule has 2 unspecified atom stereocenters. The fraction of sp³-hybridized carbons (Fsp3) is 0.929. The maximum Gasteiger partial charge on any atom is 0.188 e. The highest BCUT2D eigenvalue weighted by molar-refractivity contribution is 5.77. The number of piperidine rings is 1. The molecule has 0 aromatic rings. The van der Waals surface area contributed by atoms with Crippen LogP contribution in [-0.4, -0.2) is 43.1 Å². The van der Waals surface area contributed by atoms with E-state index in [0.29, 0.717) is 12.0 Å². The molecule has 1 saturated heterocycles. The van der Waals surface area contributed by atoms with Crippen molar-refractivity contribution in [1.82, 2.24) is 10.2 Å². The van der Waals surface area contributed by atoms with Crippen molar-refractivity contribution in [2.75, 3.05) is 26.2 Å². The van der Waals surface area contributed by atoms with Crippen molar-refractivity contribution in [1.29, 1.82) is 0 Å². The number of rotatable bonds is 5. The first kappa shape index (κ1) is 15.3. The molecule has 0 bridgehead atoms. The molecule has 4 nitrogen and oxygen atoms in total. The standard InChI is InChI=1S/C14H30N4/c1-11(2)17-14(15)16-6-5-7-18-9-12(3)8-13(4)10-18/h11-13H,5-10H2,1-4H3,(H3,15,16,17). The van der Waals surface area contributed by atoms with Gasteiger partial charge in [0.05, 0.1) is 0 Å². The molecule has 1 fully saturated rings. The molecular weight excluding hydrogens is 224 g/mol. The van der Waals surface area contributed by atoms with Crippen molar-refractivity contribution in [2.24, 2.45) is 22.6 Å². The number of hydrogen-bond acceptors (Lipinski definition) is 2. The monoisotopic (exact) mass is 254 g/mol. The summed E-state index contributed by atoms with van der Waals surface area (Å²) in [5.41, 5.74) is 5.76. The Labute approximate surface area is 112 Å². The van der Waals surface area contributed by atoms with E-state index in [1.165, 1.54) is 19.5 Å². The van der Waals surface area contributed by atoms with Crippen molar-refractivity contribution >= 4 is 5.96 Å². The van der Waals surface area contributed by atoms with Crippen LogP contribution in [0.25, 0.3) is 0 Å². The largest absolute Gasteiger partial charge is 0.370 e. The molecule has 18 heavy (non-hydrogen) atoms. The smallest absolute Gasteiger partial charge is 0.188 e. The minimum Gasteiger partial charge on any atom is -0.370 e. The summed E-state index contributed by atoms with van der Waals surface area (Å²) in [5.74, 6) is 2.25. The average Bonchev–Trinajstić information content (AvgIpc) is 2.22. The van der Waals surface area contributed by atoms with Crippen molar-refractivity contribution < 1.29 is 0 Å². The number of nitrogens with one attached hydrogen (secondary N) is 1. The molecule has 0 amide bonds. The second-order valence-corrected chi connectivity index (χ2v) is 6.13. The van der Waals surface area contributed by atoms with Crippen LogP contribution in [0, 0.1) is 11.8 Å². The first-order valence-corrected chi connectivity index (χ1v) is 7.26. The molecule has 0 aromatic carbocycles. The molecular formula is C14H30N4. The topological polar surface area (TPSA) is 53.6 Å². The molecule has 0 spiro atoms. The van der Waals surface area contributed by atoms with E-state index in [2.05, 4.69) is 42.9 Å². The highest BCUT2D eigenvalue weighted by Gasteiger charge is 2.20. The normalized spacial score (nSPS) is 26.6. The van der Waals surface area contributed by atoms with Crippen molar-refractivity contribution in [2.45, 2.75) is 46.6 Å². The summed E-state index contributed by atoms with van der Waals surface area (Å²) in [7, 11) is 0. The van der Waals surface area contributed by atoms with E-state index in [9.17, 15) is 0 Å². The molecule has 0 aliphatic carbocycles. The number of nitrogens with two attached hydrogens (primary N) is 1. The molecule has 1 rings (SSSR count). The van der Waals surface area contributed by atoms with Crippen LogP contribution >= 0.6 is 0 Å². The Bertz CT molecular complexity index is 253. The number of likely N-dealkylation sites (tertiary alicyclic amines) is 1. The predicted molar refractivity (Wildman–Crippen MR) is 78.8 cm³/mol. The average molecular weight is 254 g/mol. The number of aliphatic imine (C=N–C) groups is 1. The van der Waals surface area contributed by atoms with E-state index in [4.69, 9.17) is 5.73 Å². The summed E-state index contributed by atoms with van der Waals surface area (Å²) >= 11 is 0. The molecule has 1 heterocycles. The summed E-state index contributed by atoms with van der Waals surface area (Å²) < 4.78 is 0. The Hall–Kier alpha value is -0.770. The maximum atomic E-state index is 5.76. The van der Waals surface area contributed by atoms with Gasteiger partial charge in [0.1, 0.15) is 0 Å². The summed E-state index contributed by atoms with van der Waals surface area (Å²) in [6.45, 7) is 13.3. The summed E-state index contributed by atoms with van der Waals surface area (Å²) in [5, 5.41) is 3.11. The first-order valence-electron chi connectivity index (χ1n) is 7.26. The van der Waals surface area contributed by atoms with Crippen LogP contribution in [0.4, 0.5) is 0 Å². The Morgan fingerprint density at radius 2 is 1.94 bits per heavy atom. The van der Waals surface area contributed by atoms with Gasteiger partial charge in [-0.05, 0) is 45.1 Å². The van der Waals surface area contributed by atoms with Gasteiger partial charge < -0.3 is 16.0 Å². The van der Waals surface area contributed by atoms with E-state index in [1.54, 1.807) is 0 Å². The number of guanidine groups is 1.